The van der Waals surface area contributed by atoms with E-state index in [0.717, 1.165) is 29.6 Å². The third-order valence-electron chi connectivity index (χ3n) is 6.83. The molecule has 184 valence electrons. The van der Waals surface area contributed by atoms with Crippen molar-refractivity contribution in [2.24, 2.45) is 11.8 Å². The van der Waals surface area contributed by atoms with E-state index in [9.17, 15) is 18.0 Å². The van der Waals surface area contributed by atoms with Crippen molar-refractivity contribution in [3.05, 3.63) is 53.6 Å². The van der Waals surface area contributed by atoms with Gasteiger partial charge in [0.1, 0.15) is 5.75 Å². The number of nitrogens with zero attached hydrogens (tertiary/aromatic N) is 2. The number of piperazine rings is 1. The maximum Gasteiger partial charge on any atom is 0.416 e. The van der Waals surface area contributed by atoms with Crippen LogP contribution >= 0.6 is 0 Å². The molecule has 2 atom stereocenters. The maximum atomic E-state index is 13.4. The average Bonchev–Trinajstić information content (AvgIpc) is 2.82. The summed E-state index contributed by atoms with van der Waals surface area (Å²) in [6.07, 6.45) is -3.25. The molecule has 2 aliphatic rings. The van der Waals surface area contributed by atoms with Crippen LogP contribution in [0.3, 0.4) is 0 Å². The van der Waals surface area contributed by atoms with Crippen LogP contribution in [0.2, 0.25) is 0 Å². The van der Waals surface area contributed by atoms with Gasteiger partial charge in [0.15, 0.2) is 0 Å². The molecule has 8 heteroatoms. The summed E-state index contributed by atoms with van der Waals surface area (Å²) in [4.78, 5) is 17.6. The number of rotatable bonds is 6. The molecular formula is C26H32F3N3O2. The molecule has 2 aromatic rings. The number of anilines is 2. The summed E-state index contributed by atoms with van der Waals surface area (Å²) in [6.45, 7) is 6.72. The first-order valence-corrected chi connectivity index (χ1v) is 11.8. The third-order valence-corrected chi connectivity index (χ3v) is 6.83. The number of methoxy groups -OCH3 is 1. The molecule has 4 rings (SSSR count). The van der Waals surface area contributed by atoms with Crippen LogP contribution in [0.15, 0.2) is 42.5 Å². The quantitative estimate of drug-likeness (QED) is 0.655. The summed E-state index contributed by atoms with van der Waals surface area (Å²) in [7, 11) is 1.62. The lowest BCUT2D eigenvalue weighted by atomic mass is 9.82. The molecule has 0 saturated carbocycles. The Morgan fingerprint density at radius 3 is 2.53 bits per heavy atom. The summed E-state index contributed by atoms with van der Waals surface area (Å²) >= 11 is 0. The molecule has 0 radical (unpaired) electrons. The second-order valence-corrected chi connectivity index (χ2v) is 9.53. The smallest absolute Gasteiger partial charge is 0.416 e. The molecule has 2 aliphatic heterocycles. The minimum atomic E-state index is -4.41. The first-order valence-electron chi connectivity index (χ1n) is 11.8. The molecule has 0 aromatic heterocycles. The normalized spacial score (nSPS) is 20.1. The number of carbonyl (C=O) groups excluding carboxylic acids is 1. The van der Waals surface area contributed by atoms with E-state index in [-0.39, 0.29) is 11.9 Å². The first-order chi connectivity index (χ1) is 16.2. The van der Waals surface area contributed by atoms with Gasteiger partial charge >= 0.3 is 6.18 Å². The van der Waals surface area contributed by atoms with Crippen molar-refractivity contribution in [2.45, 2.75) is 38.9 Å². The lowest BCUT2D eigenvalue weighted by molar-refractivity contribution is -0.137. The van der Waals surface area contributed by atoms with Crippen LogP contribution in [0.5, 0.6) is 5.75 Å². The molecule has 2 aromatic carbocycles. The highest BCUT2D eigenvalue weighted by atomic mass is 19.4. The number of ether oxygens (including phenoxy) is 1. The van der Waals surface area contributed by atoms with Crippen LogP contribution in [-0.2, 0) is 17.4 Å². The van der Waals surface area contributed by atoms with E-state index in [0.29, 0.717) is 44.1 Å². The Labute approximate surface area is 198 Å². The molecule has 0 unspecified atom stereocenters. The van der Waals surface area contributed by atoms with Gasteiger partial charge in [-0.1, -0.05) is 13.8 Å². The predicted octanol–water partition coefficient (Wildman–Crippen LogP) is 4.74. The molecule has 0 spiro atoms. The largest absolute Gasteiger partial charge is 0.497 e. The van der Waals surface area contributed by atoms with Crippen molar-refractivity contribution in [3.8, 4) is 5.75 Å². The highest BCUT2D eigenvalue weighted by Gasteiger charge is 2.42. The highest BCUT2D eigenvalue weighted by molar-refractivity contribution is 5.82. The molecule has 5 nitrogen and oxygen atoms in total. The molecular weight excluding hydrogens is 443 g/mol. The van der Waals surface area contributed by atoms with E-state index in [4.69, 9.17) is 4.74 Å². The van der Waals surface area contributed by atoms with Crippen molar-refractivity contribution in [1.29, 1.82) is 0 Å². The van der Waals surface area contributed by atoms with Crippen LogP contribution in [0.25, 0.3) is 0 Å². The van der Waals surface area contributed by atoms with Gasteiger partial charge in [-0.2, -0.15) is 13.2 Å². The van der Waals surface area contributed by atoms with Crippen molar-refractivity contribution < 1.29 is 22.7 Å². The van der Waals surface area contributed by atoms with Crippen LogP contribution in [-0.4, -0.2) is 45.2 Å². The van der Waals surface area contributed by atoms with Gasteiger partial charge < -0.3 is 19.9 Å². The summed E-state index contributed by atoms with van der Waals surface area (Å²) in [5, 5.41) is 3.04. The van der Waals surface area contributed by atoms with E-state index in [2.05, 4.69) is 29.0 Å². The molecule has 1 fully saturated rings. The van der Waals surface area contributed by atoms with E-state index < -0.39 is 17.7 Å². The Bertz CT molecular complexity index is 1010. The SMILES string of the molecule is COc1ccc(N2CCN3c4ccc(C(F)(F)F)cc4C[C@H](C(=O)NCCC(C)C)[C@@H]3C2)cc1. The molecule has 2 heterocycles. The van der Waals surface area contributed by atoms with Crippen LogP contribution in [0.4, 0.5) is 24.5 Å². The second-order valence-electron chi connectivity index (χ2n) is 9.53. The predicted molar refractivity (Wildman–Crippen MR) is 127 cm³/mol. The number of hydrogen-bond donors (Lipinski definition) is 1. The molecule has 1 saturated heterocycles. The van der Waals surface area contributed by atoms with Crippen LogP contribution in [0.1, 0.15) is 31.4 Å². The Hall–Kier alpha value is -2.90. The van der Waals surface area contributed by atoms with Crippen molar-refractivity contribution in [3.63, 3.8) is 0 Å². The van der Waals surface area contributed by atoms with Gasteiger partial charge in [0, 0.05) is 37.6 Å². The van der Waals surface area contributed by atoms with E-state index in [1.807, 2.05) is 24.3 Å². The average molecular weight is 476 g/mol. The summed E-state index contributed by atoms with van der Waals surface area (Å²) in [5.74, 6) is 0.717. The number of nitrogens with one attached hydrogen (secondary N) is 1. The summed E-state index contributed by atoms with van der Waals surface area (Å²) in [6, 6.07) is 11.6. The first kappa shape index (κ1) is 24.2. The van der Waals surface area contributed by atoms with Crippen LogP contribution in [0, 0.1) is 11.8 Å². The molecule has 34 heavy (non-hydrogen) atoms. The molecule has 0 aliphatic carbocycles. The second kappa shape index (κ2) is 9.76. The van der Waals surface area contributed by atoms with Gasteiger partial charge in [-0.05, 0) is 66.8 Å². The Balaban J connectivity index is 1.62. The number of halogens is 3. The van der Waals surface area contributed by atoms with Gasteiger partial charge in [-0.25, -0.2) is 0 Å². The topological polar surface area (TPSA) is 44.8 Å². The molecule has 1 N–H and O–H groups in total. The number of carbonyl (C=O) groups is 1. The van der Waals surface area contributed by atoms with Gasteiger partial charge in [0.25, 0.3) is 0 Å². The van der Waals surface area contributed by atoms with E-state index in [1.165, 1.54) is 6.07 Å². The maximum absolute atomic E-state index is 13.4. The lowest BCUT2D eigenvalue weighted by Crippen LogP contribution is -2.61. The van der Waals surface area contributed by atoms with Crippen molar-refractivity contribution in [1.82, 2.24) is 5.32 Å². The van der Waals surface area contributed by atoms with Gasteiger partial charge in [0.05, 0.1) is 24.6 Å². The lowest BCUT2D eigenvalue weighted by Gasteiger charge is -2.49. The number of amides is 1. The zero-order chi connectivity index (χ0) is 24.5. The number of fused-ring (bicyclic) bond motifs is 3. The fourth-order valence-electron chi connectivity index (χ4n) is 4.94. The minimum Gasteiger partial charge on any atom is -0.497 e. The Kier molecular flexibility index (Phi) is 6.96. The summed E-state index contributed by atoms with van der Waals surface area (Å²) in [5.41, 5.74) is 1.77. The zero-order valence-corrected chi connectivity index (χ0v) is 19.9. The molecule has 1 amide bonds. The Morgan fingerprint density at radius 1 is 1.15 bits per heavy atom. The number of benzene rings is 2. The van der Waals surface area contributed by atoms with E-state index in [1.54, 1.807) is 13.2 Å². The number of hydrogen-bond acceptors (Lipinski definition) is 4. The van der Waals surface area contributed by atoms with Crippen molar-refractivity contribution >= 4 is 17.3 Å². The Morgan fingerprint density at radius 2 is 1.88 bits per heavy atom. The number of alkyl halides is 3. The summed E-state index contributed by atoms with van der Waals surface area (Å²) < 4.78 is 45.4. The van der Waals surface area contributed by atoms with Gasteiger partial charge in [-0.15, -0.1) is 0 Å². The highest BCUT2D eigenvalue weighted by Crippen LogP contribution is 2.40. The monoisotopic (exact) mass is 475 g/mol. The van der Waals surface area contributed by atoms with E-state index >= 15 is 0 Å². The van der Waals surface area contributed by atoms with Gasteiger partial charge in [0.2, 0.25) is 5.91 Å². The van der Waals surface area contributed by atoms with Gasteiger partial charge in [-0.3, -0.25) is 4.79 Å². The molecule has 0 bridgehead atoms. The standard InChI is InChI=1S/C26H32F3N3O2/c1-17(2)10-11-30-25(33)22-15-18-14-19(26(27,28)29)4-9-23(18)32-13-12-31(16-24(22)32)20-5-7-21(34-3)8-6-20/h4-9,14,17,22,24H,10-13,15-16H2,1-3H3,(H,30,33)/t22-,24-/m0/s1. The fourth-order valence-corrected chi connectivity index (χ4v) is 4.94. The van der Waals surface area contributed by atoms with Crippen LogP contribution < -0.4 is 19.9 Å². The van der Waals surface area contributed by atoms with Crippen molar-refractivity contribution in [2.75, 3.05) is 43.1 Å². The zero-order valence-electron chi connectivity index (χ0n) is 19.9. The third kappa shape index (κ3) is 5.10. The fraction of sp³-hybridized carbons (Fsp3) is 0.500. The minimum absolute atomic E-state index is 0.0877.